The minimum Gasteiger partial charge on any atom is -0.444 e. The number of aromatic nitrogens is 2. The predicted molar refractivity (Wildman–Crippen MR) is 109 cm³/mol. The van der Waals surface area contributed by atoms with Crippen LogP contribution < -0.4 is 0 Å². The van der Waals surface area contributed by atoms with Crippen LogP contribution in [0.2, 0.25) is 0 Å². The minimum atomic E-state index is -0.495. The zero-order valence-electron chi connectivity index (χ0n) is 16.2. The summed E-state index contributed by atoms with van der Waals surface area (Å²) in [4.78, 5) is 19.2. The number of nitrogens with zero attached hydrogens (tertiary/aromatic N) is 3. The normalized spacial score (nSPS) is 17.7. The average molecular weight is 438 g/mol. The van der Waals surface area contributed by atoms with E-state index in [-0.39, 0.29) is 18.7 Å². The van der Waals surface area contributed by atoms with Gasteiger partial charge in [0, 0.05) is 36.6 Å². The van der Waals surface area contributed by atoms with Gasteiger partial charge in [-0.3, -0.25) is 0 Å². The molecule has 0 aliphatic carbocycles. The summed E-state index contributed by atoms with van der Waals surface area (Å²) < 4.78 is 8.74. The van der Waals surface area contributed by atoms with Gasteiger partial charge in [0.2, 0.25) is 0 Å². The summed E-state index contributed by atoms with van der Waals surface area (Å²) in [5.41, 5.74) is 1.49. The van der Waals surface area contributed by atoms with Crippen molar-refractivity contribution in [2.75, 3.05) is 13.2 Å². The highest BCUT2D eigenvalue weighted by Gasteiger charge is 2.33. The molecule has 0 spiro atoms. The molecular formula is C20H28BrN3O3. The van der Waals surface area contributed by atoms with Crippen molar-refractivity contribution >= 4 is 33.1 Å². The summed E-state index contributed by atoms with van der Waals surface area (Å²) >= 11 is 3.50. The lowest BCUT2D eigenvalue weighted by Gasteiger charge is -2.28. The first-order valence-corrected chi connectivity index (χ1v) is 10.3. The Hall–Kier alpha value is -1.60. The van der Waals surface area contributed by atoms with Gasteiger partial charge in [0.15, 0.2) is 0 Å². The molecule has 148 valence electrons. The van der Waals surface area contributed by atoms with Crippen LogP contribution in [0.3, 0.4) is 0 Å². The van der Waals surface area contributed by atoms with Crippen LogP contribution in [0.25, 0.3) is 11.0 Å². The van der Waals surface area contributed by atoms with Gasteiger partial charge >= 0.3 is 6.09 Å². The fourth-order valence-electron chi connectivity index (χ4n) is 3.61. The van der Waals surface area contributed by atoms with E-state index in [2.05, 4.69) is 20.5 Å². The fourth-order valence-corrected chi connectivity index (χ4v) is 3.96. The molecular weight excluding hydrogens is 410 g/mol. The number of aliphatic hydroxyl groups is 1. The number of rotatable bonds is 5. The molecule has 1 atom stereocenters. The van der Waals surface area contributed by atoms with E-state index in [9.17, 15) is 9.90 Å². The summed E-state index contributed by atoms with van der Waals surface area (Å²) in [5.74, 6) is 0.956. The van der Waals surface area contributed by atoms with Crippen LogP contribution in [0.1, 0.15) is 45.9 Å². The molecule has 1 unspecified atom stereocenters. The third-order valence-electron chi connectivity index (χ3n) is 4.75. The van der Waals surface area contributed by atoms with E-state index in [1.807, 2.05) is 43.9 Å². The molecule has 1 fully saturated rings. The number of ether oxygens (including phenoxy) is 1. The Morgan fingerprint density at radius 1 is 1.41 bits per heavy atom. The number of hydrogen-bond donors (Lipinski definition) is 1. The Labute approximate surface area is 168 Å². The number of amides is 1. The number of fused-ring (bicyclic) bond motifs is 1. The third kappa shape index (κ3) is 4.82. The van der Waals surface area contributed by atoms with Crippen molar-refractivity contribution in [1.82, 2.24) is 14.5 Å². The monoisotopic (exact) mass is 437 g/mol. The summed E-state index contributed by atoms with van der Waals surface area (Å²) in [6.07, 6.45) is 3.05. The second kappa shape index (κ2) is 8.19. The molecule has 1 aliphatic rings. The van der Waals surface area contributed by atoms with E-state index in [1.165, 1.54) is 0 Å². The lowest BCUT2D eigenvalue weighted by Crippen LogP contribution is -2.41. The molecule has 1 aromatic carbocycles. The van der Waals surface area contributed by atoms with Crippen molar-refractivity contribution in [3.05, 3.63) is 28.5 Å². The van der Waals surface area contributed by atoms with Gasteiger partial charge in [-0.1, -0.05) is 15.9 Å². The number of aliphatic hydroxyl groups excluding tert-OH is 1. The number of carbonyl (C=O) groups excluding carboxylic acids is 1. The maximum absolute atomic E-state index is 12.6. The van der Waals surface area contributed by atoms with Gasteiger partial charge in [-0.15, -0.1) is 0 Å². The predicted octanol–water partition coefficient (Wildman–Crippen LogP) is 4.12. The number of hydrogen-bond acceptors (Lipinski definition) is 4. The van der Waals surface area contributed by atoms with E-state index in [0.717, 1.165) is 40.7 Å². The SMILES string of the molecule is CC(C)(C)OC(=O)N1CCCC1Cc1nc2cc(Br)ccc2n1CCCO. The van der Waals surface area contributed by atoms with Crippen molar-refractivity contribution in [2.45, 2.75) is 64.6 Å². The lowest BCUT2D eigenvalue weighted by molar-refractivity contribution is 0.0225. The van der Waals surface area contributed by atoms with Crippen molar-refractivity contribution in [2.24, 2.45) is 0 Å². The van der Waals surface area contributed by atoms with Gasteiger partial charge < -0.3 is 19.3 Å². The van der Waals surface area contributed by atoms with Crippen molar-refractivity contribution in [1.29, 1.82) is 0 Å². The van der Waals surface area contributed by atoms with Crippen LogP contribution in [0, 0.1) is 0 Å². The van der Waals surface area contributed by atoms with Crippen LogP contribution in [0.4, 0.5) is 4.79 Å². The molecule has 1 amide bonds. The number of likely N-dealkylation sites (tertiary alicyclic amines) is 1. The molecule has 27 heavy (non-hydrogen) atoms. The Kier molecular flexibility index (Phi) is 6.11. The van der Waals surface area contributed by atoms with E-state index in [0.29, 0.717) is 19.4 Å². The Bertz CT molecular complexity index is 813. The summed E-state index contributed by atoms with van der Waals surface area (Å²) in [6.45, 7) is 7.25. The van der Waals surface area contributed by atoms with E-state index < -0.39 is 5.60 Å². The van der Waals surface area contributed by atoms with Crippen molar-refractivity contribution < 1.29 is 14.6 Å². The van der Waals surface area contributed by atoms with Gasteiger partial charge in [-0.2, -0.15) is 0 Å². The first-order chi connectivity index (χ1) is 12.8. The van der Waals surface area contributed by atoms with Crippen LogP contribution in [0.5, 0.6) is 0 Å². The highest BCUT2D eigenvalue weighted by Crippen LogP contribution is 2.27. The number of carbonyl (C=O) groups is 1. The Morgan fingerprint density at radius 2 is 2.19 bits per heavy atom. The summed E-state index contributed by atoms with van der Waals surface area (Å²) in [6, 6.07) is 6.15. The number of benzene rings is 1. The fraction of sp³-hybridized carbons (Fsp3) is 0.600. The van der Waals surface area contributed by atoms with Gasteiger partial charge in [-0.05, 0) is 58.2 Å². The van der Waals surface area contributed by atoms with Gasteiger partial charge in [-0.25, -0.2) is 9.78 Å². The lowest BCUT2D eigenvalue weighted by atomic mass is 10.1. The topological polar surface area (TPSA) is 67.6 Å². The largest absolute Gasteiger partial charge is 0.444 e. The number of aryl methyl sites for hydroxylation is 1. The molecule has 0 saturated carbocycles. The molecule has 1 aliphatic heterocycles. The van der Waals surface area contributed by atoms with Crippen LogP contribution >= 0.6 is 15.9 Å². The molecule has 0 radical (unpaired) electrons. The second-order valence-corrected chi connectivity index (χ2v) is 8.98. The van der Waals surface area contributed by atoms with Gasteiger partial charge in [0.05, 0.1) is 11.0 Å². The Morgan fingerprint density at radius 3 is 2.89 bits per heavy atom. The molecule has 6 nitrogen and oxygen atoms in total. The quantitative estimate of drug-likeness (QED) is 0.763. The summed E-state index contributed by atoms with van der Waals surface area (Å²) in [7, 11) is 0. The number of halogens is 1. The maximum atomic E-state index is 12.6. The molecule has 7 heteroatoms. The molecule has 1 N–H and O–H groups in total. The van der Waals surface area contributed by atoms with Gasteiger partial charge in [0.1, 0.15) is 11.4 Å². The first kappa shape index (κ1) is 20.1. The second-order valence-electron chi connectivity index (χ2n) is 8.06. The molecule has 0 bridgehead atoms. The smallest absolute Gasteiger partial charge is 0.410 e. The zero-order valence-corrected chi connectivity index (χ0v) is 17.8. The average Bonchev–Trinajstić information content (AvgIpc) is 3.15. The van der Waals surface area contributed by atoms with Crippen molar-refractivity contribution in [3.8, 4) is 0 Å². The van der Waals surface area contributed by atoms with Gasteiger partial charge in [0.25, 0.3) is 0 Å². The van der Waals surface area contributed by atoms with Crippen LogP contribution in [-0.4, -0.2) is 50.4 Å². The highest BCUT2D eigenvalue weighted by molar-refractivity contribution is 9.10. The Balaban J connectivity index is 1.85. The first-order valence-electron chi connectivity index (χ1n) is 9.53. The van der Waals surface area contributed by atoms with Crippen molar-refractivity contribution in [3.63, 3.8) is 0 Å². The molecule has 2 heterocycles. The van der Waals surface area contributed by atoms with E-state index in [4.69, 9.17) is 9.72 Å². The maximum Gasteiger partial charge on any atom is 0.410 e. The van der Waals surface area contributed by atoms with E-state index >= 15 is 0 Å². The molecule has 1 saturated heterocycles. The van der Waals surface area contributed by atoms with Crippen LogP contribution in [0.15, 0.2) is 22.7 Å². The molecule has 3 rings (SSSR count). The van der Waals surface area contributed by atoms with E-state index in [1.54, 1.807) is 0 Å². The van der Waals surface area contributed by atoms with Crippen LogP contribution in [-0.2, 0) is 17.7 Å². The minimum absolute atomic E-state index is 0.0907. The summed E-state index contributed by atoms with van der Waals surface area (Å²) in [5, 5.41) is 9.27. The standard InChI is InChI=1S/C20H28BrN3O3/c1-20(2,3)27-19(26)23-9-4-6-15(23)13-18-22-16-12-14(21)7-8-17(16)24(18)10-5-11-25/h7-8,12,15,25H,4-6,9-11,13H2,1-3H3. The molecule has 1 aromatic heterocycles. The zero-order chi connectivity index (χ0) is 19.6. The highest BCUT2D eigenvalue weighted by atomic mass is 79.9. The molecule has 2 aromatic rings. The number of imidazole rings is 1. The third-order valence-corrected chi connectivity index (χ3v) is 5.25.